The van der Waals surface area contributed by atoms with Crippen molar-refractivity contribution in [2.24, 2.45) is 17.8 Å². The maximum Gasteiger partial charge on any atom is 0.307 e. The highest BCUT2D eigenvalue weighted by atomic mass is 32.2. The van der Waals surface area contributed by atoms with E-state index in [1.807, 2.05) is 11.8 Å². The molecule has 120 valence electrons. The number of hydrogen-bond donors (Lipinski definition) is 2. The molecule has 21 heavy (non-hydrogen) atoms. The number of thioether (sulfide) groups is 1. The van der Waals surface area contributed by atoms with Gasteiger partial charge in [0.25, 0.3) is 0 Å². The molecule has 0 aromatic rings. The van der Waals surface area contributed by atoms with Crippen molar-refractivity contribution in [2.75, 3.05) is 6.26 Å². The van der Waals surface area contributed by atoms with Crippen LogP contribution in [-0.4, -0.2) is 34.5 Å². The highest BCUT2D eigenvalue weighted by Crippen LogP contribution is 2.39. The molecule has 0 bridgehead atoms. The van der Waals surface area contributed by atoms with Crippen LogP contribution in [0.4, 0.5) is 0 Å². The Kier molecular flexibility index (Phi) is 5.97. The van der Waals surface area contributed by atoms with Gasteiger partial charge in [-0.25, -0.2) is 0 Å². The number of carbonyl (C=O) groups is 2. The van der Waals surface area contributed by atoms with E-state index < -0.39 is 11.9 Å². The van der Waals surface area contributed by atoms with Gasteiger partial charge in [0.1, 0.15) is 0 Å². The van der Waals surface area contributed by atoms with Gasteiger partial charge >= 0.3 is 5.97 Å². The van der Waals surface area contributed by atoms with Crippen molar-refractivity contribution in [3.05, 3.63) is 0 Å². The Labute approximate surface area is 131 Å². The summed E-state index contributed by atoms with van der Waals surface area (Å²) in [7, 11) is 0. The fourth-order valence-electron chi connectivity index (χ4n) is 3.79. The van der Waals surface area contributed by atoms with Crippen LogP contribution in [0.3, 0.4) is 0 Å². The lowest BCUT2D eigenvalue weighted by Gasteiger charge is -2.29. The Morgan fingerprint density at radius 3 is 2.29 bits per heavy atom. The Bertz CT molecular complexity index is 380. The molecule has 2 saturated carbocycles. The second-order valence-electron chi connectivity index (χ2n) is 6.51. The lowest BCUT2D eigenvalue weighted by atomic mass is 9.92. The van der Waals surface area contributed by atoms with Crippen LogP contribution in [0.2, 0.25) is 0 Å². The smallest absolute Gasteiger partial charge is 0.307 e. The summed E-state index contributed by atoms with van der Waals surface area (Å²) >= 11 is 1.91. The number of carboxylic acid groups (broad SMARTS) is 1. The zero-order valence-corrected chi connectivity index (χ0v) is 13.8. The van der Waals surface area contributed by atoms with E-state index >= 15 is 0 Å². The molecule has 5 heteroatoms. The second-order valence-corrected chi connectivity index (χ2v) is 7.65. The van der Waals surface area contributed by atoms with Crippen LogP contribution >= 0.6 is 11.8 Å². The third-order valence-corrected chi connectivity index (χ3v) is 6.38. The summed E-state index contributed by atoms with van der Waals surface area (Å²) in [5.41, 5.74) is 0. The fraction of sp³-hybridized carbons (Fsp3) is 0.875. The van der Waals surface area contributed by atoms with Crippen molar-refractivity contribution in [1.82, 2.24) is 5.32 Å². The molecule has 2 rings (SSSR count). The third kappa shape index (κ3) is 4.15. The van der Waals surface area contributed by atoms with Crippen LogP contribution in [0.1, 0.15) is 51.9 Å². The van der Waals surface area contributed by atoms with Crippen molar-refractivity contribution in [2.45, 2.75) is 63.2 Å². The van der Waals surface area contributed by atoms with Gasteiger partial charge in [-0.05, 0) is 50.7 Å². The standard InChI is InChI=1S/C16H27NO3S/c1-3-10-8-13(14(9-10)16(19)20)15(18)17-11-4-6-12(21-2)7-5-11/h10-14H,3-9H2,1-2H3,(H,17,18)(H,19,20). The Balaban J connectivity index is 1.88. The van der Waals surface area contributed by atoms with Gasteiger partial charge in [0.2, 0.25) is 5.91 Å². The van der Waals surface area contributed by atoms with Gasteiger partial charge in [-0.15, -0.1) is 0 Å². The summed E-state index contributed by atoms with van der Waals surface area (Å²) in [4.78, 5) is 23.8. The summed E-state index contributed by atoms with van der Waals surface area (Å²) in [5, 5.41) is 13.2. The van der Waals surface area contributed by atoms with Crippen LogP contribution in [0.25, 0.3) is 0 Å². The summed E-state index contributed by atoms with van der Waals surface area (Å²) in [6, 6.07) is 0.246. The van der Waals surface area contributed by atoms with E-state index in [2.05, 4.69) is 18.5 Å². The maximum absolute atomic E-state index is 12.5. The number of carbonyl (C=O) groups excluding carboxylic acids is 1. The Hall–Kier alpha value is -0.710. The number of aliphatic carboxylic acids is 1. The molecule has 1 amide bonds. The molecule has 4 nitrogen and oxygen atoms in total. The average molecular weight is 313 g/mol. The number of rotatable bonds is 5. The van der Waals surface area contributed by atoms with Gasteiger partial charge in [0.15, 0.2) is 0 Å². The van der Waals surface area contributed by atoms with Crippen molar-refractivity contribution in [3.8, 4) is 0 Å². The zero-order chi connectivity index (χ0) is 15.4. The monoisotopic (exact) mass is 313 g/mol. The molecule has 0 spiro atoms. The van der Waals surface area contributed by atoms with E-state index in [1.54, 1.807) is 0 Å². The minimum Gasteiger partial charge on any atom is -0.481 e. The first-order chi connectivity index (χ1) is 10.0. The summed E-state index contributed by atoms with van der Waals surface area (Å²) in [6.45, 7) is 2.08. The molecule has 2 fully saturated rings. The molecular formula is C16H27NO3S. The molecule has 3 atom stereocenters. The molecule has 2 N–H and O–H groups in total. The predicted octanol–water partition coefficient (Wildman–Crippen LogP) is 2.91. The highest BCUT2D eigenvalue weighted by Gasteiger charge is 2.42. The summed E-state index contributed by atoms with van der Waals surface area (Å²) < 4.78 is 0. The van der Waals surface area contributed by atoms with Crippen LogP contribution in [0, 0.1) is 17.8 Å². The molecule has 0 heterocycles. The molecule has 2 aliphatic rings. The predicted molar refractivity (Wildman–Crippen MR) is 85.3 cm³/mol. The molecule has 0 aromatic carbocycles. The van der Waals surface area contributed by atoms with Crippen LogP contribution in [-0.2, 0) is 9.59 Å². The average Bonchev–Trinajstić information content (AvgIpc) is 2.92. The molecule has 0 saturated heterocycles. The lowest BCUT2D eigenvalue weighted by molar-refractivity contribution is -0.146. The van der Waals surface area contributed by atoms with Gasteiger partial charge in [0, 0.05) is 11.3 Å². The van der Waals surface area contributed by atoms with Gasteiger partial charge in [-0.1, -0.05) is 13.3 Å². The maximum atomic E-state index is 12.5. The summed E-state index contributed by atoms with van der Waals surface area (Å²) in [6.07, 6.45) is 8.85. The topological polar surface area (TPSA) is 66.4 Å². The van der Waals surface area contributed by atoms with E-state index in [-0.39, 0.29) is 17.9 Å². The SMILES string of the molecule is CCC1CC(C(=O)O)C(C(=O)NC2CCC(SC)CC2)C1. The molecule has 0 aliphatic heterocycles. The number of carboxylic acids is 1. The van der Waals surface area contributed by atoms with Gasteiger partial charge in [-0.2, -0.15) is 11.8 Å². The van der Waals surface area contributed by atoms with Crippen LogP contribution < -0.4 is 5.32 Å². The first kappa shape index (κ1) is 16.7. The molecule has 0 radical (unpaired) electrons. The van der Waals surface area contributed by atoms with Crippen LogP contribution in [0.15, 0.2) is 0 Å². The van der Waals surface area contributed by atoms with Crippen LogP contribution in [0.5, 0.6) is 0 Å². The molecule has 0 aromatic heterocycles. The Morgan fingerprint density at radius 2 is 1.76 bits per heavy atom. The number of hydrogen-bond acceptors (Lipinski definition) is 3. The molecule has 3 unspecified atom stereocenters. The summed E-state index contributed by atoms with van der Waals surface area (Å²) in [5.74, 6) is -1.26. The second kappa shape index (κ2) is 7.52. The van der Waals surface area contributed by atoms with Crippen molar-refractivity contribution in [3.63, 3.8) is 0 Å². The van der Waals surface area contributed by atoms with Crippen molar-refractivity contribution < 1.29 is 14.7 Å². The van der Waals surface area contributed by atoms with Gasteiger partial charge in [-0.3, -0.25) is 9.59 Å². The van der Waals surface area contributed by atoms with E-state index in [4.69, 9.17) is 0 Å². The highest BCUT2D eigenvalue weighted by molar-refractivity contribution is 7.99. The van der Waals surface area contributed by atoms with E-state index in [1.165, 1.54) is 0 Å². The first-order valence-corrected chi connectivity index (χ1v) is 9.39. The Morgan fingerprint density at radius 1 is 1.14 bits per heavy atom. The number of amides is 1. The fourth-order valence-corrected chi connectivity index (χ4v) is 4.53. The molecular weight excluding hydrogens is 286 g/mol. The van der Waals surface area contributed by atoms with Gasteiger partial charge < -0.3 is 10.4 Å². The number of nitrogens with one attached hydrogen (secondary N) is 1. The minimum atomic E-state index is -0.808. The van der Waals surface area contributed by atoms with Crippen molar-refractivity contribution >= 4 is 23.6 Å². The zero-order valence-electron chi connectivity index (χ0n) is 13.0. The van der Waals surface area contributed by atoms with E-state index in [0.29, 0.717) is 12.3 Å². The third-order valence-electron chi connectivity index (χ3n) is 5.25. The minimum absolute atomic E-state index is 0.0223. The largest absolute Gasteiger partial charge is 0.481 e. The van der Waals surface area contributed by atoms with E-state index in [0.717, 1.165) is 43.8 Å². The van der Waals surface area contributed by atoms with Gasteiger partial charge in [0.05, 0.1) is 11.8 Å². The van der Waals surface area contributed by atoms with E-state index in [9.17, 15) is 14.7 Å². The first-order valence-electron chi connectivity index (χ1n) is 8.11. The normalized spacial score (nSPS) is 36.4. The quantitative estimate of drug-likeness (QED) is 0.819. The molecule has 2 aliphatic carbocycles. The lowest BCUT2D eigenvalue weighted by Crippen LogP contribution is -2.43. The van der Waals surface area contributed by atoms with Crippen molar-refractivity contribution in [1.29, 1.82) is 0 Å².